The number of ether oxygens (including phenoxy) is 1. The van der Waals surface area contributed by atoms with E-state index in [1.54, 1.807) is 24.3 Å². The average molecular weight is 235 g/mol. The number of carbonyl (C=O) groups is 2. The molecule has 0 fully saturated rings. The molecule has 0 unspecified atom stereocenters. The van der Waals surface area contributed by atoms with Gasteiger partial charge in [0.2, 0.25) is 0 Å². The number of imide groups is 1. The highest BCUT2D eigenvalue weighted by atomic mass is 16.5. The number of carbonyl (C=O) groups excluding carboxylic acids is 2. The highest BCUT2D eigenvalue weighted by Gasteiger charge is 2.36. The van der Waals surface area contributed by atoms with Crippen molar-refractivity contribution in [2.75, 3.05) is 20.3 Å². The van der Waals surface area contributed by atoms with Crippen molar-refractivity contribution < 1.29 is 19.4 Å². The number of hydrogen-bond acceptors (Lipinski definition) is 4. The van der Waals surface area contributed by atoms with Crippen LogP contribution >= 0.6 is 0 Å². The molecule has 0 saturated heterocycles. The molecule has 1 aromatic rings. The summed E-state index contributed by atoms with van der Waals surface area (Å²) < 4.78 is 4.96. The van der Waals surface area contributed by atoms with E-state index >= 15 is 0 Å². The van der Waals surface area contributed by atoms with Crippen molar-refractivity contribution in [3.63, 3.8) is 0 Å². The number of methoxy groups -OCH3 is 1. The van der Waals surface area contributed by atoms with Gasteiger partial charge >= 0.3 is 0 Å². The summed E-state index contributed by atoms with van der Waals surface area (Å²) in [6.45, 7) is -0.163. The minimum absolute atomic E-state index is 0.0688. The summed E-state index contributed by atoms with van der Waals surface area (Å²) in [5.41, 5.74) is 0.815. The number of nitrogens with zero attached hydrogens (tertiary/aromatic N) is 1. The summed E-state index contributed by atoms with van der Waals surface area (Å²) in [6.07, 6.45) is -0.544. The Morgan fingerprint density at radius 3 is 2.18 bits per heavy atom. The summed E-state index contributed by atoms with van der Waals surface area (Å²) in [6, 6.07) is 6.67. The van der Waals surface area contributed by atoms with E-state index < -0.39 is 6.10 Å². The number of hydrogen-bond donors (Lipinski definition) is 1. The number of aliphatic hydroxyl groups is 1. The Morgan fingerprint density at radius 1 is 1.24 bits per heavy atom. The van der Waals surface area contributed by atoms with Gasteiger partial charge in [-0.25, -0.2) is 0 Å². The van der Waals surface area contributed by atoms with E-state index in [2.05, 4.69) is 0 Å². The first-order valence-corrected chi connectivity index (χ1v) is 5.28. The normalized spacial score (nSPS) is 16.2. The Kier molecular flexibility index (Phi) is 3.21. The van der Waals surface area contributed by atoms with Gasteiger partial charge in [-0.1, -0.05) is 12.1 Å². The summed E-state index contributed by atoms with van der Waals surface area (Å²) in [5, 5.41) is 9.00. The van der Waals surface area contributed by atoms with E-state index in [0.29, 0.717) is 11.1 Å². The maximum Gasteiger partial charge on any atom is 0.261 e. The molecule has 1 aliphatic rings. The fraction of sp³-hybridized carbons (Fsp3) is 0.333. The molecule has 2 amide bonds. The molecule has 0 bridgehead atoms. The van der Waals surface area contributed by atoms with Crippen molar-refractivity contribution in [1.82, 2.24) is 4.90 Å². The maximum atomic E-state index is 11.9. The lowest BCUT2D eigenvalue weighted by Crippen LogP contribution is -2.39. The first-order chi connectivity index (χ1) is 8.19. The SMILES string of the molecule is CO[C@H](CO)CN1C(=O)c2ccccc2C1=O. The van der Waals surface area contributed by atoms with E-state index in [1.165, 1.54) is 7.11 Å². The fourth-order valence-corrected chi connectivity index (χ4v) is 1.82. The van der Waals surface area contributed by atoms with Gasteiger partial charge in [0.25, 0.3) is 11.8 Å². The van der Waals surface area contributed by atoms with E-state index in [4.69, 9.17) is 9.84 Å². The second-order valence-electron chi connectivity index (χ2n) is 3.81. The van der Waals surface area contributed by atoms with Crippen LogP contribution in [0.25, 0.3) is 0 Å². The lowest BCUT2D eigenvalue weighted by molar-refractivity contribution is 0.0219. The number of amides is 2. The lowest BCUT2D eigenvalue weighted by atomic mass is 10.1. The number of fused-ring (bicyclic) bond motifs is 1. The van der Waals surface area contributed by atoms with Crippen LogP contribution in [0.5, 0.6) is 0 Å². The smallest absolute Gasteiger partial charge is 0.261 e. The molecule has 1 aromatic carbocycles. The van der Waals surface area contributed by atoms with Crippen molar-refractivity contribution in [1.29, 1.82) is 0 Å². The largest absolute Gasteiger partial charge is 0.394 e. The zero-order valence-electron chi connectivity index (χ0n) is 9.42. The molecular formula is C12H13NO4. The standard InChI is InChI=1S/C12H13NO4/c1-17-8(7-14)6-13-11(15)9-4-2-3-5-10(9)12(13)16/h2-5,8,14H,6-7H2,1H3/t8-/m0/s1. The van der Waals surface area contributed by atoms with Gasteiger partial charge < -0.3 is 9.84 Å². The predicted molar refractivity (Wildman–Crippen MR) is 59.7 cm³/mol. The molecule has 5 nitrogen and oxygen atoms in total. The fourth-order valence-electron chi connectivity index (χ4n) is 1.82. The maximum absolute atomic E-state index is 11.9. The summed E-state index contributed by atoms with van der Waals surface area (Å²) in [7, 11) is 1.43. The molecule has 0 aromatic heterocycles. The zero-order chi connectivity index (χ0) is 12.4. The van der Waals surface area contributed by atoms with Gasteiger partial charge in [-0.15, -0.1) is 0 Å². The molecule has 17 heavy (non-hydrogen) atoms. The first-order valence-electron chi connectivity index (χ1n) is 5.28. The Morgan fingerprint density at radius 2 is 1.76 bits per heavy atom. The quantitative estimate of drug-likeness (QED) is 0.762. The highest BCUT2D eigenvalue weighted by Crippen LogP contribution is 2.22. The third-order valence-corrected chi connectivity index (χ3v) is 2.80. The molecular weight excluding hydrogens is 222 g/mol. The lowest BCUT2D eigenvalue weighted by Gasteiger charge is -2.19. The van der Waals surface area contributed by atoms with Crippen LogP contribution in [0.2, 0.25) is 0 Å². The van der Waals surface area contributed by atoms with Crippen LogP contribution in [0.15, 0.2) is 24.3 Å². The monoisotopic (exact) mass is 235 g/mol. The van der Waals surface area contributed by atoms with Gasteiger partial charge in [0.15, 0.2) is 0 Å². The predicted octanol–water partition coefficient (Wildman–Crippen LogP) is 0.290. The van der Waals surface area contributed by atoms with Gasteiger partial charge in [0, 0.05) is 7.11 Å². The summed E-state index contributed by atoms with van der Waals surface area (Å²) >= 11 is 0. The average Bonchev–Trinajstić information content (AvgIpc) is 2.61. The third kappa shape index (κ3) is 1.94. The Hall–Kier alpha value is -1.72. The van der Waals surface area contributed by atoms with Gasteiger partial charge in [0.1, 0.15) is 0 Å². The molecule has 90 valence electrons. The van der Waals surface area contributed by atoms with Crippen LogP contribution in [0.4, 0.5) is 0 Å². The van der Waals surface area contributed by atoms with E-state index in [0.717, 1.165) is 4.90 Å². The van der Waals surface area contributed by atoms with Gasteiger partial charge in [0.05, 0.1) is 30.4 Å². The molecule has 1 aliphatic heterocycles. The molecule has 1 heterocycles. The minimum atomic E-state index is -0.544. The van der Waals surface area contributed by atoms with Crippen LogP contribution in [0.1, 0.15) is 20.7 Å². The third-order valence-electron chi connectivity index (χ3n) is 2.80. The van der Waals surface area contributed by atoms with Crippen LogP contribution in [-0.2, 0) is 4.74 Å². The molecule has 0 saturated carbocycles. The molecule has 0 spiro atoms. The van der Waals surface area contributed by atoms with E-state index in [9.17, 15) is 9.59 Å². The van der Waals surface area contributed by atoms with Crippen molar-refractivity contribution in [3.05, 3.63) is 35.4 Å². The van der Waals surface area contributed by atoms with Crippen LogP contribution in [0.3, 0.4) is 0 Å². The van der Waals surface area contributed by atoms with Crippen LogP contribution in [0, 0.1) is 0 Å². The second-order valence-corrected chi connectivity index (χ2v) is 3.81. The van der Waals surface area contributed by atoms with E-state index in [-0.39, 0.29) is 25.0 Å². The van der Waals surface area contributed by atoms with Crippen molar-refractivity contribution in [2.45, 2.75) is 6.10 Å². The van der Waals surface area contributed by atoms with Crippen molar-refractivity contribution in [3.8, 4) is 0 Å². The highest BCUT2D eigenvalue weighted by molar-refractivity contribution is 6.21. The van der Waals surface area contributed by atoms with E-state index in [1.807, 2.05) is 0 Å². The zero-order valence-corrected chi connectivity index (χ0v) is 9.42. The topological polar surface area (TPSA) is 66.8 Å². The second kappa shape index (κ2) is 4.65. The number of aliphatic hydroxyl groups excluding tert-OH is 1. The van der Waals surface area contributed by atoms with Crippen molar-refractivity contribution >= 4 is 11.8 Å². The Labute approximate surface area is 98.6 Å². The molecule has 1 N–H and O–H groups in total. The van der Waals surface area contributed by atoms with Gasteiger partial charge in [-0.2, -0.15) is 0 Å². The number of benzene rings is 1. The Balaban J connectivity index is 2.24. The van der Waals surface area contributed by atoms with Gasteiger partial charge in [-0.05, 0) is 12.1 Å². The molecule has 0 aliphatic carbocycles. The van der Waals surface area contributed by atoms with Crippen LogP contribution in [-0.4, -0.2) is 48.2 Å². The minimum Gasteiger partial charge on any atom is -0.394 e. The summed E-state index contributed by atoms with van der Waals surface area (Å²) in [5.74, 6) is -0.665. The van der Waals surface area contributed by atoms with Crippen LogP contribution < -0.4 is 0 Å². The Bertz CT molecular complexity index is 419. The first kappa shape index (κ1) is 11.8. The number of rotatable bonds is 4. The molecule has 0 radical (unpaired) electrons. The molecule has 5 heteroatoms. The van der Waals surface area contributed by atoms with Crippen molar-refractivity contribution in [2.24, 2.45) is 0 Å². The molecule has 1 atom stereocenters. The summed E-state index contributed by atoms with van der Waals surface area (Å²) in [4.78, 5) is 25.0. The van der Waals surface area contributed by atoms with Gasteiger partial charge in [-0.3, -0.25) is 14.5 Å². The molecule has 2 rings (SSSR count).